The summed E-state index contributed by atoms with van der Waals surface area (Å²) in [6.45, 7) is 0. The highest BCUT2D eigenvalue weighted by molar-refractivity contribution is 7.26. The zero-order valence-electron chi connectivity index (χ0n) is 76.2. The van der Waals surface area contributed by atoms with Crippen LogP contribution in [0.3, 0.4) is 0 Å². The van der Waals surface area contributed by atoms with Crippen LogP contribution >= 0.6 is 11.3 Å². The SMILES string of the molecule is c1ccc(C2(c3cccc(-c4ccc(-c5ccc(N(c6ccc(-c7cccc8c7oc7ccccc78)cc6)c6ccc7c(c6)oc6ccccc67)cc5)cc4)c3)c3ccccc3-c3ccccc32)cc1.c1ccc(C2(c3cccc(-c4ccc(-c5ccc(N(c6ccc(-c7cccc8c7sc7ccccc78)cc6)c6ccc7c(c6)oc6ccccc67)cc5)cc4)c3)c3ccccc3-c3ccccc32)cc1. The van der Waals surface area contributed by atoms with Gasteiger partial charge in [0.15, 0.2) is 0 Å². The van der Waals surface area contributed by atoms with Crippen molar-refractivity contribution in [2.75, 3.05) is 9.80 Å². The molecule has 0 bridgehead atoms. The van der Waals surface area contributed by atoms with Gasteiger partial charge in [0.05, 0.1) is 10.8 Å². The Morgan fingerprint density at radius 2 is 0.450 bits per heavy atom. The Hall–Kier alpha value is -17.9. The molecule has 6 heteroatoms. The smallest absolute Gasteiger partial charge is 0.143 e. The highest BCUT2D eigenvalue weighted by Crippen LogP contribution is 2.59. The fourth-order valence-corrected chi connectivity index (χ4v) is 24.0. The first-order valence-corrected chi connectivity index (χ1v) is 48.8. The molecule has 0 unspecified atom stereocenters. The third-order valence-electron chi connectivity index (χ3n) is 29.2. The minimum Gasteiger partial charge on any atom is -0.456 e. The number of nitrogens with zero attached hydrogens (tertiary/aromatic N) is 2. The van der Waals surface area contributed by atoms with Crippen LogP contribution < -0.4 is 9.80 Å². The molecule has 28 rings (SSSR count). The van der Waals surface area contributed by atoms with Gasteiger partial charge in [-0.15, -0.1) is 11.3 Å². The summed E-state index contributed by atoms with van der Waals surface area (Å²) in [6, 6.07) is 190. The van der Waals surface area contributed by atoms with Crippen LogP contribution in [0.1, 0.15) is 44.5 Å². The van der Waals surface area contributed by atoms with Gasteiger partial charge in [-0.05, 0) is 237 Å². The molecule has 0 atom stereocenters. The quantitative estimate of drug-likeness (QED) is 0.0965. The molecule has 0 N–H and O–H groups in total. The fraction of sp³-hybridized carbons (Fsp3) is 0.0149. The van der Waals surface area contributed by atoms with Crippen LogP contribution in [0, 0.1) is 0 Å². The third kappa shape index (κ3) is 13.4. The first kappa shape index (κ1) is 81.6. The standard InChI is InChI=1S/C67H43NO2.C67H43NOS/c1-2-15-49(16-3-1)67(61-24-8-4-18-55(61)56-19-5-9-25-62(56)67)50-17-12-14-48(42-50)46-30-28-44(29-31-46)45-32-36-51(37-33-45)68(53-40-41-59-57-20-6-10-26-63(57)69-65(59)43-53)52-38-34-47(35-39-52)54-22-13-23-60-58-21-7-11-27-64(58)70-66(54)60;1-2-15-49(16-3-1)67(61-24-8-4-18-55(61)56-19-5-9-25-62(56)67)50-17-12-14-48(42-50)46-30-28-44(29-31-46)45-32-36-51(37-33-45)68(53-40-41-58-57-20-6-10-26-63(57)69-64(58)43-53)52-38-34-47(35-39-52)54-22-13-23-60-59-21-7-11-27-65(59)70-66(54)60/h2*1-43H. The van der Waals surface area contributed by atoms with Crippen molar-refractivity contribution in [1.82, 2.24) is 0 Å². The molecule has 656 valence electrons. The van der Waals surface area contributed by atoms with E-state index in [1.165, 1.54) is 126 Å². The highest BCUT2D eigenvalue weighted by Gasteiger charge is 2.48. The molecule has 0 aliphatic heterocycles. The number of furan rings is 3. The van der Waals surface area contributed by atoms with Crippen molar-refractivity contribution in [3.63, 3.8) is 0 Å². The highest BCUT2D eigenvalue weighted by atomic mass is 32.1. The lowest BCUT2D eigenvalue weighted by molar-refractivity contribution is 0.668. The lowest BCUT2D eigenvalue weighted by Gasteiger charge is -2.34. The normalized spacial score (nSPS) is 12.7. The van der Waals surface area contributed by atoms with Gasteiger partial charge in [-0.2, -0.15) is 0 Å². The van der Waals surface area contributed by atoms with Crippen LogP contribution in [-0.4, -0.2) is 0 Å². The van der Waals surface area contributed by atoms with Gasteiger partial charge < -0.3 is 23.1 Å². The van der Waals surface area contributed by atoms with E-state index in [1.54, 1.807) is 0 Å². The maximum absolute atomic E-state index is 6.44. The molecule has 5 nitrogen and oxygen atoms in total. The summed E-state index contributed by atoms with van der Waals surface area (Å²) in [5.41, 5.74) is 40.2. The van der Waals surface area contributed by atoms with Crippen LogP contribution in [0.4, 0.5) is 34.1 Å². The first-order chi connectivity index (χ1) is 69.4. The largest absolute Gasteiger partial charge is 0.456 e. The second kappa shape index (κ2) is 33.6. The van der Waals surface area contributed by atoms with Crippen LogP contribution in [0.25, 0.3) is 175 Å². The van der Waals surface area contributed by atoms with Crippen molar-refractivity contribution in [2.45, 2.75) is 10.8 Å². The van der Waals surface area contributed by atoms with E-state index < -0.39 is 10.8 Å². The minimum atomic E-state index is -0.440. The number of benzene rings is 22. The molecular formula is C134H86N2O3S. The van der Waals surface area contributed by atoms with E-state index in [9.17, 15) is 0 Å². The van der Waals surface area contributed by atoms with E-state index in [0.29, 0.717) is 0 Å². The number of hydrogen-bond acceptors (Lipinski definition) is 6. The van der Waals surface area contributed by atoms with Crippen LogP contribution in [0.5, 0.6) is 0 Å². The number of rotatable bonds is 16. The summed E-state index contributed by atoms with van der Waals surface area (Å²) < 4.78 is 21.9. The van der Waals surface area contributed by atoms with Gasteiger partial charge in [0.1, 0.15) is 33.5 Å². The molecular weight excluding hydrogens is 1720 g/mol. The molecule has 26 aromatic rings. The number of thiophene rings is 1. The average molecular weight is 1800 g/mol. The molecule has 0 radical (unpaired) electrons. The number of fused-ring (bicyclic) bond motifs is 18. The van der Waals surface area contributed by atoms with Crippen LogP contribution in [-0.2, 0) is 10.8 Å². The van der Waals surface area contributed by atoms with Crippen LogP contribution in [0.15, 0.2) is 535 Å². The molecule has 0 fully saturated rings. The molecule has 2 aliphatic carbocycles. The van der Waals surface area contributed by atoms with Gasteiger partial charge in [-0.1, -0.05) is 400 Å². The van der Waals surface area contributed by atoms with Gasteiger partial charge in [-0.25, -0.2) is 0 Å². The van der Waals surface area contributed by atoms with Crippen molar-refractivity contribution in [3.8, 4) is 89.0 Å². The molecule has 0 amide bonds. The Balaban J connectivity index is 0.000000141. The molecule has 4 heterocycles. The zero-order chi connectivity index (χ0) is 92.4. The molecule has 0 saturated heterocycles. The summed E-state index contributed by atoms with van der Waals surface area (Å²) in [7, 11) is 0. The first-order valence-electron chi connectivity index (χ1n) is 47.9. The lowest BCUT2D eigenvalue weighted by Crippen LogP contribution is -2.28. The van der Waals surface area contributed by atoms with Crippen molar-refractivity contribution >= 4 is 131 Å². The van der Waals surface area contributed by atoms with Gasteiger partial charge in [0.25, 0.3) is 0 Å². The predicted molar refractivity (Wildman–Crippen MR) is 584 cm³/mol. The van der Waals surface area contributed by atoms with Crippen LogP contribution in [0.2, 0.25) is 0 Å². The molecule has 4 aromatic heterocycles. The van der Waals surface area contributed by atoms with Crippen molar-refractivity contribution < 1.29 is 13.3 Å². The maximum Gasteiger partial charge on any atom is 0.143 e. The lowest BCUT2D eigenvalue weighted by atomic mass is 9.67. The van der Waals surface area contributed by atoms with Crippen molar-refractivity contribution in [1.29, 1.82) is 0 Å². The molecule has 0 spiro atoms. The second-order valence-electron chi connectivity index (χ2n) is 36.7. The summed E-state index contributed by atoms with van der Waals surface area (Å²) >= 11 is 1.87. The monoisotopic (exact) mass is 1800 g/mol. The number of anilines is 6. The Morgan fingerprint density at radius 3 is 0.879 bits per heavy atom. The Kier molecular flexibility index (Phi) is 19.6. The Morgan fingerprint density at radius 1 is 0.164 bits per heavy atom. The molecule has 2 aliphatic rings. The molecule has 22 aromatic carbocycles. The summed E-state index contributed by atoms with van der Waals surface area (Å²) in [6.07, 6.45) is 0. The topological polar surface area (TPSA) is 45.9 Å². The fourth-order valence-electron chi connectivity index (χ4n) is 22.7. The number of para-hydroxylation sites is 4. The zero-order valence-corrected chi connectivity index (χ0v) is 77.0. The minimum absolute atomic E-state index is 0.436. The van der Waals surface area contributed by atoms with Crippen molar-refractivity contribution in [3.05, 3.63) is 566 Å². The van der Waals surface area contributed by atoms with E-state index >= 15 is 0 Å². The van der Waals surface area contributed by atoms with E-state index in [0.717, 1.165) is 128 Å². The average Bonchev–Trinajstić information content (AvgIpc) is 1.54. The summed E-state index contributed by atoms with van der Waals surface area (Å²) in [5, 5.41) is 9.32. The van der Waals surface area contributed by atoms with Gasteiger partial charge in [0, 0.05) is 104 Å². The molecule has 140 heavy (non-hydrogen) atoms. The maximum atomic E-state index is 6.44. The van der Waals surface area contributed by atoms with E-state index in [-0.39, 0.29) is 0 Å². The summed E-state index contributed by atoms with van der Waals surface area (Å²) in [5.74, 6) is 0. The number of hydrogen-bond donors (Lipinski definition) is 0. The van der Waals surface area contributed by atoms with Gasteiger partial charge in [-0.3, -0.25) is 0 Å². The van der Waals surface area contributed by atoms with Gasteiger partial charge in [0.2, 0.25) is 0 Å². The third-order valence-corrected chi connectivity index (χ3v) is 30.4. The predicted octanol–water partition coefficient (Wildman–Crippen LogP) is 37.1. The van der Waals surface area contributed by atoms with Crippen molar-refractivity contribution in [2.24, 2.45) is 0 Å². The second-order valence-corrected chi connectivity index (χ2v) is 37.8. The summed E-state index contributed by atoms with van der Waals surface area (Å²) in [4.78, 5) is 4.64. The van der Waals surface area contributed by atoms with E-state index in [1.807, 2.05) is 47.7 Å². The van der Waals surface area contributed by atoms with E-state index in [4.69, 9.17) is 13.3 Å². The van der Waals surface area contributed by atoms with Gasteiger partial charge >= 0.3 is 0 Å². The molecule has 0 saturated carbocycles. The van der Waals surface area contributed by atoms with E-state index in [2.05, 4.69) is 495 Å². The Labute approximate surface area is 814 Å². The Bertz CT molecular complexity index is 8660.